The van der Waals surface area contributed by atoms with Gasteiger partial charge in [0.1, 0.15) is 17.0 Å². The summed E-state index contributed by atoms with van der Waals surface area (Å²) in [5, 5.41) is 7.54. The Morgan fingerprint density at radius 1 is 0.806 bits per heavy atom. The number of pyridine rings is 1. The number of amides is 2. The lowest BCUT2D eigenvalue weighted by molar-refractivity contribution is 0.0954. The van der Waals surface area contributed by atoms with E-state index in [1.165, 1.54) is 0 Å². The maximum absolute atomic E-state index is 12.9. The number of H-pyrrole nitrogens is 2. The van der Waals surface area contributed by atoms with Crippen LogP contribution in [0.15, 0.2) is 79.0 Å². The highest BCUT2D eigenvalue weighted by molar-refractivity contribution is 6.07. The number of rotatable bonds is 6. The zero-order valence-electron chi connectivity index (χ0n) is 19.1. The second kappa shape index (κ2) is 8.95. The van der Waals surface area contributed by atoms with E-state index in [1.54, 1.807) is 30.5 Å². The largest absolute Gasteiger partial charge is 0.352 e. The predicted molar refractivity (Wildman–Crippen MR) is 138 cm³/mol. The Kier molecular flexibility index (Phi) is 5.34. The summed E-state index contributed by atoms with van der Waals surface area (Å²) in [6.07, 6.45) is 2.23. The third kappa shape index (κ3) is 4.14. The van der Waals surface area contributed by atoms with Crippen LogP contribution in [0.1, 0.15) is 26.7 Å². The van der Waals surface area contributed by atoms with Crippen molar-refractivity contribution in [2.24, 2.45) is 0 Å². The fourth-order valence-electron chi connectivity index (χ4n) is 4.17. The summed E-state index contributed by atoms with van der Waals surface area (Å²) in [6.45, 7) is 0.413. The monoisotopic (exact) mass is 475 g/mol. The van der Waals surface area contributed by atoms with Crippen molar-refractivity contribution in [1.29, 1.82) is 0 Å². The fraction of sp³-hybridized carbons (Fsp3) is 0.0741. The van der Waals surface area contributed by atoms with Gasteiger partial charge in [-0.1, -0.05) is 42.5 Å². The summed E-state index contributed by atoms with van der Waals surface area (Å²) >= 11 is 0. The van der Waals surface area contributed by atoms with E-state index < -0.39 is 5.91 Å². The molecule has 3 aromatic heterocycles. The number of nitrogens with zero attached hydrogens (tertiary/aromatic N) is 3. The van der Waals surface area contributed by atoms with Crippen molar-refractivity contribution >= 4 is 50.6 Å². The van der Waals surface area contributed by atoms with E-state index in [-0.39, 0.29) is 17.5 Å². The zero-order valence-corrected chi connectivity index (χ0v) is 19.1. The number of aromatic nitrogens is 5. The number of hydrogen-bond acceptors (Lipinski definition) is 5. The van der Waals surface area contributed by atoms with Gasteiger partial charge < -0.3 is 15.3 Å². The van der Waals surface area contributed by atoms with Gasteiger partial charge >= 0.3 is 0 Å². The molecule has 0 aliphatic carbocycles. The lowest BCUT2D eigenvalue weighted by Crippen LogP contribution is -2.26. The summed E-state index contributed by atoms with van der Waals surface area (Å²) < 4.78 is 0. The van der Waals surface area contributed by atoms with Gasteiger partial charge in [-0.05, 0) is 35.7 Å². The Morgan fingerprint density at radius 2 is 1.61 bits per heavy atom. The Labute approximate surface area is 205 Å². The van der Waals surface area contributed by atoms with Gasteiger partial charge in [0.15, 0.2) is 0 Å². The van der Waals surface area contributed by atoms with Crippen LogP contribution in [0.3, 0.4) is 0 Å². The van der Waals surface area contributed by atoms with E-state index in [2.05, 4.69) is 35.6 Å². The molecule has 6 aromatic rings. The Bertz CT molecular complexity index is 1720. The maximum Gasteiger partial charge on any atom is 0.276 e. The molecule has 0 fully saturated rings. The molecule has 9 nitrogen and oxygen atoms in total. The van der Waals surface area contributed by atoms with Crippen LogP contribution in [0.25, 0.3) is 32.8 Å². The average molecular weight is 476 g/mol. The molecule has 3 heterocycles. The van der Waals surface area contributed by atoms with Crippen molar-refractivity contribution in [3.05, 3.63) is 96.1 Å². The molecule has 0 saturated carbocycles. The second-order valence-corrected chi connectivity index (χ2v) is 8.36. The van der Waals surface area contributed by atoms with E-state index in [1.807, 2.05) is 48.5 Å². The van der Waals surface area contributed by atoms with Crippen molar-refractivity contribution in [2.75, 3.05) is 11.9 Å². The first-order valence-electron chi connectivity index (χ1n) is 11.5. The van der Waals surface area contributed by atoms with Crippen molar-refractivity contribution in [3.63, 3.8) is 0 Å². The zero-order chi connectivity index (χ0) is 24.5. The topological polar surface area (TPSA) is 128 Å². The number of carbonyl (C=O) groups excluding carboxylic acids is 2. The van der Waals surface area contributed by atoms with Gasteiger partial charge in [-0.3, -0.25) is 19.9 Å². The quantitative estimate of drug-likeness (QED) is 0.287. The van der Waals surface area contributed by atoms with Gasteiger partial charge in [-0.2, -0.15) is 0 Å². The molecule has 0 spiro atoms. The van der Waals surface area contributed by atoms with Crippen molar-refractivity contribution in [3.8, 4) is 0 Å². The molecule has 4 N–H and O–H groups in total. The molecule has 0 saturated heterocycles. The summed E-state index contributed by atoms with van der Waals surface area (Å²) in [5.74, 6) is 0.406. The van der Waals surface area contributed by atoms with Crippen molar-refractivity contribution in [2.45, 2.75) is 6.42 Å². The standard InChI is InChI=1S/C27H21N7O2/c35-25(28-13-12-23-30-19-9-3-4-10-20(19)31-23)18-8-5-11-21-24(18)33-27(32-21)34-26(36)22-14-16-6-1-2-7-17(16)15-29-22/h1-11,14-15H,12-13H2,(H,28,35)(H,30,31)(H2,32,33,34,36). The summed E-state index contributed by atoms with van der Waals surface area (Å²) in [5.41, 5.74) is 3.67. The van der Waals surface area contributed by atoms with Gasteiger partial charge in [0.25, 0.3) is 11.8 Å². The minimum atomic E-state index is -0.392. The summed E-state index contributed by atoms with van der Waals surface area (Å²) in [7, 11) is 0. The lowest BCUT2D eigenvalue weighted by Gasteiger charge is -2.04. The first-order chi connectivity index (χ1) is 17.6. The van der Waals surface area contributed by atoms with Crippen LogP contribution in [0.5, 0.6) is 0 Å². The number of aromatic amines is 2. The SMILES string of the molecule is O=C(Nc1nc2c(C(=O)NCCc3nc4ccccc4[nH]3)cccc2[nH]1)c1cc2ccccc2cn1. The minimum Gasteiger partial charge on any atom is -0.352 e. The number of imidazole rings is 2. The van der Waals surface area contributed by atoms with Crippen LogP contribution < -0.4 is 10.6 Å². The van der Waals surface area contributed by atoms with Crippen molar-refractivity contribution in [1.82, 2.24) is 30.2 Å². The normalized spacial score (nSPS) is 11.2. The van der Waals surface area contributed by atoms with Crippen LogP contribution in [-0.2, 0) is 6.42 Å². The number of anilines is 1. The lowest BCUT2D eigenvalue weighted by atomic mass is 10.1. The number of fused-ring (bicyclic) bond motifs is 3. The molecule has 36 heavy (non-hydrogen) atoms. The average Bonchev–Trinajstić information content (AvgIpc) is 3.51. The number of carbonyl (C=O) groups is 2. The maximum atomic E-state index is 12.9. The van der Waals surface area contributed by atoms with Crippen LogP contribution in [0.4, 0.5) is 5.95 Å². The van der Waals surface area contributed by atoms with Gasteiger partial charge in [0.05, 0.1) is 22.1 Å². The smallest absolute Gasteiger partial charge is 0.276 e. The highest BCUT2D eigenvalue weighted by atomic mass is 16.2. The third-order valence-corrected chi connectivity index (χ3v) is 5.94. The Balaban J connectivity index is 1.16. The van der Waals surface area contributed by atoms with E-state index >= 15 is 0 Å². The van der Waals surface area contributed by atoms with E-state index in [0.717, 1.165) is 27.6 Å². The molecule has 0 aliphatic heterocycles. The van der Waals surface area contributed by atoms with Gasteiger partial charge in [0, 0.05) is 24.5 Å². The molecule has 2 amide bonds. The van der Waals surface area contributed by atoms with Gasteiger partial charge in [-0.15, -0.1) is 0 Å². The molecule has 0 radical (unpaired) electrons. The Morgan fingerprint density at radius 3 is 2.50 bits per heavy atom. The van der Waals surface area contributed by atoms with Crippen LogP contribution in [0, 0.1) is 0 Å². The first-order valence-corrected chi connectivity index (χ1v) is 11.5. The molecule has 0 unspecified atom stereocenters. The second-order valence-electron chi connectivity index (χ2n) is 8.36. The fourth-order valence-corrected chi connectivity index (χ4v) is 4.17. The first kappa shape index (κ1) is 21.5. The molecular formula is C27H21N7O2. The van der Waals surface area contributed by atoms with Gasteiger partial charge in [0.2, 0.25) is 5.95 Å². The Hall–Kier alpha value is -5.05. The van der Waals surface area contributed by atoms with Crippen molar-refractivity contribution < 1.29 is 9.59 Å². The van der Waals surface area contributed by atoms with E-state index in [9.17, 15) is 9.59 Å². The molecule has 0 bridgehead atoms. The number of para-hydroxylation sites is 3. The third-order valence-electron chi connectivity index (χ3n) is 5.94. The molecule has 6 rings (SSSR count). The number of hydrogen-bond donors (Lipinski definition) is 4. The summed E-state index contributed by atoms with van der Waals surface area (Å²) in [4.78, 5) is 45.2. The predicted octanol–water partition coefficient (Wildman–Crippen LogP) is 4.21. The molecule has 0 atom stereocenters. The van der Waals surface area contributed by atoms with E-state index in [0.29, 0.717) is 29.6 Å². The molecular weight excluding hydrogens is 454 g/mol. The van der Waals surface area contributed by atoms with Gasteiger partial charge in [-0.25, -0.2) is 9.97 Å². The van der Waals surface area contributed by atoms with Crippen LogP contribution >= 0.6 is 0 Å². The highest BCUT2D eigenvalue weighted by Gasteiger charge is 2.16. The molecule has 0 aliphatic rings. The molecule has 3 aromatic carbocycles. The minimum absolute atomic E-state index is 0.243. The number of nitrogens with one attached hydrogen (secondary N) is 4. The summed E-state index contributed by atoms with van der Waals surface area (Å²) in [6, 6.07) is 22.5. The van der Waals surface area contributed by atoms with Crippen LogP contribution in [-0.4, -0.2) is 43.3 Å². The highest BCUT2D eigenvalue weighted by Crippen LogP contribution is 2.20. The molecule has 176 valence electrons. The number of benzene rings is 3. The van der Waals surface area contributed by atoms with E-state index in [4.69, 9.17) is 0 Å². The van der Waals surface area contributed by atoms with Crippen LogP contribution in [0.2, 0.25) is 0 Å². The molecule has 9 heteroatoms.